The van der Waals surface area contributed by atoms with E-state index in [1.165, 1.54) is 5.56 Å². The van der Waals surface area contributed by atoms with E-state index in [1.54, 1.807) is 0 Å². The summed E-state index contributed by atoms with van der Waals surface area (Å²) in [6, 6.07) is 3.86. The first-order valence-corrected chi connectivity index (χ1v) is 8.49. The van der Waals surface area contributed by atoms with Gasteiger partial charge in [0.15, 0.2) is 5.58 Å². The fourth-order valence-electron chi connectivity index (χ4n) is 2.57. The van der Waals surface area contributed by atoms with Gasteiger partial charge in [-0.15, -0.1) is 0 Å². The van der Waals surface area contributed by atoms with Crippen LogP contribution in [0.15, 0.2) is 21.0 Å². The van der Waals surface area contributed by atoms with Gasteiger partial charge in [-0.3, -0.25) is 0 Å². The summed E-state index contributed by atoms with van der Waals surface area (Å²) in [5.74, 6) is 1.59. The van der Waals surface area contributed by atoms with Crippen molar-refractivity contribution in [1.29, 1.82) is 0 Å². The summed E-state index contributed by atoms with van der Waals surface area (Å²) in [5, 5.41) is 5.22. The van der Waals surface area contributed by atoms with E-state index in [0.717, 1.165) is 34.3 Å². The van der Waals surface area contributed by atoms with Gasteiger partial charge < -0.3 is 9.73 Å². The molecule has 1 aromatic heterocycles. The Morgan fingerprint density at radius 2 is 1.95 bits per heavy atom. The van der Waals surface area contributed by atoms with Crippen LogP contribution in [0.5, 0.6) is 0 Å². The molecule has 0 spiro atoms. The van der Waals surface area contributed by atoms with Crippen LogP contribution in [0.2, 0.25) is 5.02 Å². The molecule has 116 valence electrons. The van der Waals surface area contributed by atoms with E-state index in [4.69, 9.17) is 16.0 Å². The Kier molecular flexibility index (Phi) is 5.07. The minimum atomic E-state index is -0.00665. The standard InChI is InChI=1S/C17H23BrClNO/c1-10(2)8-20-9-13-15(17(3,4)5)14-11(18)6-7-12(19)16(14)21-13/h6-7,10,20H,8-9H2,1-5H3. The monoisotopic (exact) mass is 371 g/mol. The highest BCUT2D eigenvalue weighted by Crippen LogP contribution is 2.41. The third kappa shape index (κ3) is 3.64. The number of fused-ring (bicyclic) bond motifs is 1. The molecule has 1 N–H and O–H groups in total. The molecular weight excluding hydrogens is 350 g/mol. The Labute approximate surface area is 140 Å². The molecular formula is C17H23BrClNO. The van der Waals surface area contributed by atoms with Crippen molar-refractivity contribution in [3.8, 4) is 0 Å². The minimum Gasteiger partial charge on any atom is -0.458 e. The number of hydrogen-bond acceptors (Lipinski definition) is 2. The highest BCUT2D eigenvalue weighted by atomic mass is 79.9. The van der Waals surface area contributed by atoms with Crippen LogP contribution in [0, 0.1) is 5.92 Å². The number of halogens is 2. The van der Waals surface area contributed by atoms with E-state index in [9.17, 15) is 0 Å². The van der Waals surface area contributed by atoms with Gasteiger partial charge >= 0.3 is 0 Å². The second-order valence-electron chi connectivity index (χ2n) is 6.91. The van der Waals surface area contributed by atoms with Crippen LogP contribution in [-0.4, -0.2) is 6.54 Å². The zero-order valence-corrected chi connectivity index (χ0v) is 15.7. The maximum Gasteiger partial charge on any atom is 0.154 e. The van der Waals surface area contributed by atoms with Crippen LogP contribution in [0.3, 0.4) is 0 Å². The van der Waals surface area contributed by atoms with Crippen LogP contribution in [0.1, 0.15) is 45.9 Å². The Morgan fingerprint density at radius 3 is 2.52 bits per heavy atom. The van der Waals surface area contributed by atoms with Gasteiger partial charge in [-0.05, 0) is 30.0 Å². The van der Waals surface area contributed by atoms with Crippen LogP contribution >= 0.6 is 27.5 Å². The Hall–Kier alpha value is -0.510. The van der Waals surface area contributed by atoms with Crippen molar-refractivity contribution in [2.24, 2.45) is 5.92 Å². The van der Waals surface area contributed by atoms with E-state index in [0.29, 0.717) is 10.9 Å². The summed E-state index contributed by atoms with van der Waals surface area (Å²) in [4.78, 5) is 0. The summed E-state index contributed by atoms with van der Waals surface area (Å²) in [6.07, 6.45) is 0. The molecule has 2 rings (SSSR count). The normalized spacial score (nSPS) is 12.6. The molecule has 21 heavy (non-hydrogen) atoms. The molecule has 1 aromatic carbocycles. The van der Waals surface area contributed by atoms with Crippen molar-refractivity contribution in [1.82, 2.24) is 5.32 Å². The lowest BCUT2D eigenvalue weighted by atomic mass is 9.84. The van der Waals surface area contributed by atoms with Crippen LogP contribution in [0.4, 0.5) is 0 Å². The van der Waals surface area contributed by atoms with Crippen molar-refractivity contribution in [3.05, 3.63) is 33.0 Å². The molecule has 0 aliphatic carbocycles. The second kappa shape index (κ2) is 6.31. The summed E-state index contributed by atoms with van der Waals surface area (Å²) < 4.78 is 7.13. The number of furan rings is 1. The molecule has 0 radical (unpaired) electrons. The molecule has 0 fully saturated rings. The fourth-order valence-corrected chi connectivity index (χ4v) is 3.28. The van der Waals surface area contributed by atoms with Gasteiger partial charge in [0, 0.05) is 15.4 Å². The van der Waals surface area contributed by atoms with Crippen molar-refractivity contribution in [3.63, 3.8) is 0 Å². The van der Waals surface area contributed by atoms with Gasteiger partial charge in [0.2, 0.25) is 0 Å². The van der Waals surface area contributed by atoms with Gasteiger partial charge in [-0.25, -0.2) is 0 Å². The van der Waals surface area contributed by atoms with Gasteiger partial charge in [-0.2, -0.15) is 0 Å². The van der Waals surface area contributed by atoms with Gasteiger partial charge in [-0.1, -0.05) is 62.1 Å². The third-order valence-electron chi connectivity index (χ3n) is 3.40. The molecule has 2 aromatic rings. The Morgan fingerprint density at radius 1 is 1.29 bits per heavy atom. The zero-order chi connectivity index (χ0) is 15.8. The maximum atomic E-state index is 6.31. The molecule has 0 aliphatic rings. The summed E-state index contributed by atoms with van der Waals surface area (Å²) in [7, 11) is 0. The van der Waals surface area contributed by atoms with Gasteiger partial charge in [0.05, 0.1) is 11.6 Å². The number of benzene rings is 1. The number of rotatable bonds is 4. The molecule has 1 heterocycles. The predicted molar refractivity (Wildman–Crippen MR) is 94.2 cm³/mol. The van der Waals surface area contributed by atoms with Gasteiger partial charge in [0.25, 0.3) is 0 Å². The van der Waals surface area contributed by atoms with E-state index >= 15 is 0 Å². The lowest BCUT2D eigenvalue weighted by Crippen LogP contribution is -2.21. The fraction of sp³-hybridized carbons (Fsp3) is 0.529. The van der Waals surface area contributed by atoms with Crippen molar-refractivity contribution in [2.75, 3.05) is 6.54 Å². The molecule has 0 amide bonds. The smallest absolute Gasteiger partial charge is 0.154 e. The molecule has 0 bridgehead atoms. The average Bonchev–Trinajstić information content (AvgIpc) is 2.74. The average molecular weight is 373 g/mol. The van der Waals surface area contributed by atoms with Gasteiger partial charge in [0.1, 0.15) is 5.76 Å². The highest BCUT2D eigenvalue weighted by molar-refractivity contribution is 9.10. The minimum absolute atomic E-state index is 0.00665. The molecule has 2 nitrogen and oxygen atoms in total. The molecule has 0 aliphatic heterocycles. The topological polar surface area (TPSA) is 25.2 Å². The first-order chi connectivity index (χ1) is 9.71. The predicted octanol–water partition coefficient (Wildman–Crippen LogP) is 5.89. The molecule has 0 saturated heterocycles. The largest absolute Gasteiger partial charge is 0.458 e. The van der Waals surface area contributed by atoms with Crippen molar-refractivity contribution < 1.29 is 4.42 Å². The number of nitrogens with one attached hydrogen (secondary N) is 1. The van der Waals surface area contributed by atoms with E-state index in [1.807, 2.05) is 12.1 Å². The summed E-state index contributed by atoms with van der Waals surface area (Å²) in [6.45, 7) is 12.7. The summed E-state index contributed by atoms with van der Waals surface area (Å²) in [5.41, 5.74) is 1.99. The molecule has 0 unspecified atom stereocenters. The lowest BCUT2D eigenvalue weighted by Gasteiger charge is -2.20. The zero-order valence-electron chi connectivity index (χ0n) is 13.3. The number of hydrogen-bond donors (Lipinski definition) is 1. The summed E-state index contributed by atoms with van der Waals surface area (Å²) >= 11 is 9.95. The first-order valence-electron chi connectivity index (χ1n) is 7.32. The third-order valence-corrected chi connectivity index (χ3v) is 4.36. The molecule has 4 heteroatoms. The van der Waals surface area contributed by atoms with Crippen LogP contribution in [0.25, 0.3) is 11.0 Å². The lowest BCUT2D eigenvalue weighted by molar-refractivity contribution is 0.464. The van der Waals surface area contributed by atoms with Crippen molar-refractivity contribution >= 4 is 38.5 Å². The second-order valence-corrected chi connectivity index (χ2v) is 8.17. The Balaban J connectivity index is 2.54. The highest BCUT2D eigenvalue weighted by Gasteiger charge is 2.27. The Bertz CT molecular complexity index is 640. The maximum absolute atomic E-state index is 6.31. The van der Waals surface area contributed by atoms with E-state index in [-0.39, 0.29) is 5.41 Å². The van der Waals surface area contributed by atoms with Crippen LogP contribution < -0.4 is 5.32 Å². The molecule has 0 saturated carbocycles. The molecule has 0 atom stereocenters. The first kappa shape index (κ1) is 16.9. The quantitative estimate of drug-likeness (QED) is 0.723. The van der Waals surface area contributed by atoms with E-state index in [2.05, 4.69) is 55.9 Å². The van der Waals surface area contributed by atoms with Crippen LogP contribution in [-0.2, 0) is 12.0 Å². The SMILES string of the molecule is CC(C)CNCc1oc2c(Cl)ccc(Br)c2c1C(C)(C)C. The van der Waals surface area contributed by atoms with E-state index < -0.39 is 0 Å². The van der Waals surface area contributed by atoms with Crippen molar-refractivity contribution in [2.45, 2.75) is 46.6 Å².